The van der Waals surface area contributed by atoms with Gasteiger partial charge in [-0.3, -0.25) is 9.59 Å². The van der Waals surface area contributed by atoms with Crippen LogP contribution < -0.4 is 15.1 Å². The number of H-pyrrole nitrogens is 1. The molecule has 0 aliphatic carbocycles. The highest BCUT2D eigenvalue weighted by atomic mass is 16.3. The number of hydrogen-bond acceptors (Lipinski definition) is 5. The van der Waals surface area contributed by atoms with Crippen molar-refractivity contribution in [1.29, 1.82) is 0 Å². The van der Waals surface area contributed by atoms with Gasteiger partial charge in [-0.25, -0.2) is 4.68 Å². The number of aliphatic hydroxyl groups excluding tert-OH is 1. The van der Waals surface area contributed by atoms with Crippen molar-refractivity contribution in [3.63, 3.8) is 0 Å². The minimum Gasteiger partial charge on any atom is -0.393 e. The van der Waals surface area contributed by atoms with Gasteiger partial charge in [0.15, 0.2) is 0 Å². The molecule has 9 heteroatoms. The normalized spacial score (nSPS) is 13.8. The summed E-state index contributed by atoms with van der Waals surface area (Å²) in [6.45, 7) is 1.63. The Morgan fingerprint density at radius 3 is 2.36 bits per heavy atom. The summed E-state index contributed by atoms with van der Waals surface area (Å²) in [6.07, 6.45) is 4.94. The summed E-state index contributed by atoms with van der Waals surface area (Å²) >= 11 is 0. The Morgan fingerprint density at radius 1 is 0.864 bits per heavy atom. The number of aromatic amines is 1. The van der Waals surface area contributed by atoms with Gasteiger partial charge in [-0.2, -0.15) is 5.10 Å². The molecule has 2 aromatic heterocycles. The summed E-state index contributed by atoms with van der Waals surface area (Å²) in [6, 6.07) is 28.6. The Labute approximate surface area is 254 Å². The van der Waals surface area contributed by atoms with Crippen molar-refractivity contribution in [1.82, 2.24) is 14.8 Å². The van der Waals surface area contributed by atoms with Crippen molar-refractivity contribution < 1.29 is 14.7 Å². The van der Waals surface area contributed by atoms with E-state index in [-0.39, 0.29) is 17.9 Å². The van der Waals surface area contributed by atoms with E-state index >= 15 is 0 Å². The molecule has 1 aliphatic heterocycles. The van der Waals surface area contributed by atoms with Gasteiger partial charge in [0.2, 0.25) is 0 Å². The van der Waals surface area contributed by atoms with Gasteiger partial charge in [0.05, 0.1) is 23.5 Å². The van der Waals surface area contributed by atoms with Crippen LogP contribution in [0.25, 0.3) is 27.5 Å². The lowest BCUT2D eigenvalue weighted by molar-refractivity contribution is 0.0991. The number of rotatable bonds is 6. The molecule has 7 rings (SSSR count). The number of piperidine rings is 1. The van der Waals surface area contributed by atoms with Crippen molar-refractivity contribution in [2.24, 2.45) is 0 Å². The third-order valence-corrected chi connectivity index (χ3v) is 8.37. The molecule has 0 radical (unpaired) electrons. The lowest BCUT2D eigenvalue weighted by Crippen LogP contribution is -2.35. The third kappa shape index (κ3) is 5.29. The molecule has 9 nitrogen and oxygen atoms in total. The van der Waals surface area contributed by atoms with Gasteiger partial charge in [0.25, 0.3) is 11.8 Å². The fourth-order valence-electron chi connectivity index (χ4n) is 5.78. The van der Waals surface area contributed by atoms with Crippen LogP contribution in [-0.4, -0.2) is 57.9 Å². The number of anilines is 3. The van der Waals surface area contributed by atoms with Gasteiger partial charge < -0.3 is 25.2 Å². The zero-order valence-electron chi connectivity index (χ0n) is 24.3. The summed E-state index contributed by atoms with van der Waals surface area (Å²) in [7, 11) is 1.77. The third-order valence-electron chi connectivity index (χ3n) is 8.37. The summed E-state index contributed by atoms with van der Waals surface area (Å²) in [5, 5.41) is 19.2. The van der Waals surface area contributed by atoms with Crippen LogP contribution >= 0.6 is 0 Å². The van der Waals surface area contributed by atoms with Crippen LogP contribution in [0.2, 0.25) is 0 Å². The maximum Gasteiger partial charge on any atom is 0.258 e. The molecule has 1 aliphatic rings. The first-order valence-electron chi connectivity index (χ1n) is 14.7. The van der Waals surface area contributed by atoms with Crippen LogP contribution in [0.15, 0.2) is 103 Å². The lowest BCUT2D eigenvalue weighted by Gasteiger charge is -2.31. The molecular formula is C35H32N6O3. The van der Waals surface area contributed by atoms with Gasteiger partial charge in [0.1, 0.15) is 0 Å². The molecule has 0 bridgehead atoms. The average molecular weight is 585 g/mol. The summed E-state index contributed by atoms with van der Waals surface area (Å²) in [5.74, 6) is -0.265. The van der Waals surface area contributed by atoms with Gasteiger partial charge in [-0.05, 0) is 104 Å². The molecule has 220 valence electrons. The molecule has 0 unspecified atom stereocenters. The summed E-state index contributed by atoms with van der Waals surface area (Å²) in [5.41, 5.74) is 6.48. The first-order chi connectivity index (χ1) is 21.4. The van der Waals surface area contributed by atoms with Gasteiger partial charge in [-0.1, -0.05) is 0 Å². The molecule has 44 heavy (non-hydrogen) atoms. The molecule has 0 saturated carbocycles. The number of nitrogens with zero attached hydrogens (tertiary/aromatic N) is 4. The number of fused-ring (bicyclic) bond motifs is 2. The number of benzene rings is 4. The number of nitrogens with one attached hydrogen (secondary N) is 2. The highest BCUT2D eigenvalue weighted by Crippen LogP contribution is 2.26. The summed E-state index contributed by atoms with van der Waals surface area (Å²) in [4.78, 5) is 33.1. The molecule has 6 aromatic rings. The van der Waals surface area contributed by atoms with Gasteiger partial charge in [-0.15, -0.1) is 0 Å². The van der Waals surface area contributed by atoms with Crippen molar-refractivity contribution >= 4 is 50.7 Å². The van der Waals surface area contributed by atoms with Crippen molar-refractivity contribution in [2.45, 2.75) is 18.9 Å². The zero-order chi connectivity index (χ0) is 30.2. The Balaban J connectivity index is 1.03. The fourth-order valence-corrected chi connectivity index (χ4v) is 5.78. The lowest BCUT2D eigenvalue weighted by atomic mass is 10.1. The van der Waals surface area contributed by atoms with E-state index in [1.165, 1.54) is 0 Å². The summed E-state index contributed by atoms with van der Waals surface area (Å²) < 4.78 is 1.84. The molecule has 1 saturated heterocycles. The van der Waals surface area contributed by atoms with E-state index in [0.717, 1.165) is 64.8 Å². The number of aliphatic hydroxyl groups is 1. The van der Waals surface area contributed by atoms with Gasteiger partial charge >= 0.3 is 0 Å². The average Bonchev–Trinajstić information content (AvgIpc) is 3.71. The monoisotopic (exact) mass is 584 g/mol. The smallest absolute Gasteiger partial charge is 0.258 e. The minimum absolute atomic E-state index is 0.0846. The maximum absolute atomic E-state index is 13.1. The Kier molecular flexibility index (Phi) is 7.07. The van der Waals surface area contributed by atoms with Crippen LogP contribution in [0.3, 0.4) is 0 Å². The largest absolute Gasteiger partial charge is 0.393 e. The van der Waals surface area contributed by atoms with E-state index in [1.807, 2.05) is 102 Å². The molecule has 4 aromatic carbocycles. The highest BCUT2D eigenvalue weighted by molar-refractivity contribution is 6.07. The van der Waals surface area contributed by atoms with E-state index in [2.05, 4.69) is 20.3 Å². The second-order valence-corrected chi connectivity index (χ2v) is 11.2. The zero-order valence-corrected chi connectivity index (χ0v) is 24.3. The topological polar surface area (TPSA) is 106 Å². The first kappa shape index (κ1) is 27.4. The van der Waals surface area contributed by atoms with E-state index < -0.39 is 0 Å². The Hall–Kier alpha value is -5.41. The van der Waals surface area contributed by atoms with Crippen molar-refractivity contribution in [3.05, 3.63) is 115 Å². The molecule has 3 heterocycles. The highest BCUT2D eigenvalue weighted by Gasteiger charge is 2.18. The van der Waals surface area contributed by atoms with Crippen molar-refractivity contribution in [3.8, 4) is 5.69 Å². The number of carbonyl (C=O) groups is 2. The first-order valence-corrected chi connectivity index (χ1v) is 14.7. The van der Waals surface area contributed by atoms with Crippen molar-refractivity contribution in [2.75, 3.05) is 35.3 Å². The van der Waals surface area contributed by atoms with Crippen LogP contribution in [-0.2, 0) is 0 Å². The second-order valence-electron chi connectivity index (χ2n) is 11.2. The Bertz CT molecular complexity index is 1970. The standard InChI is InChI=1S/C35H32N6O3/c1-39(35(44)25-4-12-32-24(20-25)14-17-36-32)28-8-10-30(11-9-28)41-33-13-5-27(21-26(33)22-37-41)38-34(43)23-2-6-29(7-3-23)40-18-15-31(42)16-19-40/h2-14,17,20-22,31,36,42H,15-16,18-19H2,1H3,(H,38,43). The minimum atomic E-state index is -0.220. The van der Waals surface area contributed by atoms with Gasteiger partial charge in [0, 0.05) is 70.8 Å². The maximum atomic E-state index is 13.1. The van der Waals surface area contributed by atoms with Crippen LogP contribution in [0, 0.1) is 0 Å². The predicted octanol–water partition coefficient (Wildman–Crippen LogP) is 6.00. The SMILES string of the molecule is CN(C(=O)c1ccc2[nH]ccc2c1)c1ccc(-n2ncc3cc(NC(=O)c4ccc(N5CCC(O)CC5)cc4)ccc32)cc1. The molecule has 3 N–H and O–H groups in total. The number of carbonyl (C=O) groups excluding carboxylic acids is 2. The molecule has 1 fully saturated rings. The number of amides is 2. The molecular weight excluding hydrogens is 552 g/mol. The Morgan fingerprint density at radius 2 is 1.59 bits per heavy atom. The number of aromatic nitrogens is 3. The fraction of sp³-hybridized carbons (Fsp3) is 0.171. The quantitative estimate of drug-likeness (QED) is 0.223. The van der Waals surface area contributed by atoms with E-state index in [9.17, 15) is 14.7 Å². The van der Waals surface area contributed by atoms with Crippen LogP contribution in [0.5, 0.6) is 0 Å². The van der Waals surface area contributed by atoms with E-state index in [4.69, 9.17) is 0 Å². The van der Waals surface area contributed by atoms with E-state index in [1.54, 1.807) is 18.1 Å². The number of hydrogen-bond donors (Lipinski definition) is 3. The molecule has 0 spiro atoms. The van der Waals surface area contributed by atoms with Crippen LogP contribution in [0.4, 0.5) is 17.1 Å². The molecule has 0 atom stereocenters. The van der Waals surface area contributed by atoms with Crippen LogP contribution in [0.1, 0.15) is 33.6 Å². The second kappa shape index (κ2) is 11.3. The predicted molar refractivity (Wildman–Crippen MR) is 174 cm³/mol. The van der Waals surface area contributed by atoms with E-state index in [0.29, 0.717) is 16.8 Å². The molecule has 2 amide bonds.